The van der Waals surface area contributed by atoms with Crippen LogP contribution in [0.3, 0.4) is 0 Å². The molecule has 7 nitrogen and oxygen atoms in total. The van der Waals surface area contributed by atoms with Crippen LogP contribution in [0.4, 0.5) is 0 Å². The molecule has 3 heterocycles. The maximum atomic E-state index is 12.8. The standard InChI is InChI=1S/C18H24N6OS/c1-23-18(20-21-22-23)26-11-9-19-17(25)14-12-16(13-6-3-2-4-7-13)24-10-5-8-15(14)24/h2-4,6-7,14-16H,5,8-12H2,1H3,(H,19,25)/t14-,15+,16-/m1/s1. The molecule has 0 spiro atoms. The van der Waals surface area contributed by atoms with Crippen LogP contribution in [0.1, 0.15) is 30.9 Å². The first-order chi connectivity index (χ1) is 12.7. The number of aryl methyl sites for hydroxylation is 1. The molecule has 0 saturated carbocycles. The number of nitrogens with one attached hydrogen (secondary N) is 1. The monoisotopic (exact) mass is 372 g/mol. The number of amides is 1. The van der Waals surface area contributed by atoms with E-state index in [1.165, 1.54) is 12.0 Å². The third-order valence-corrected chi connectivity index (χ3v) is 6.43. The number of carbonyl (C=O) groups excluding carboxylic acids is 1. The predicted molar refractivity (Wildman–Crippen MR) is 99.5 cm³/mol. The van der Waals surface area contributed by atoms with Gasteiger partial charge in [0.1, 0.15) is 0 Å². The highest BCUT2D eigenvalue weighted by atomic mass is 32.2. The van der Waals surface area contributed by atoms with Crippen LogP contribution in [-0.2, 0) is 11.8 Å². The number of hydrogen-bond acceptors (Lipinski definition) is 6. The summed E-state index contributed by atoms with van der Waals surface area (Å²) in [4.78, 5) is 15.3. The Morgan fingerprint density at radius 1 is 1.35 bits per heavy atom. The molecule has 1 N–H and O–H groups in total. The van der Waals surface area contributed by atoms with Crippen molar-refractivity contribution >= 4 is 17.7 Å². The molecular formula is C18H24N6OS. The van der Waals surface area contributed by atoms with Gasteiger partial charge in [-0.1, -0.05) is 42.1 Å². The quantitative estimate of drug-likeness (QED) is 0.614. The molecule has 26 heavy (non-hydrogen) atoms. The Morgan fingerprint density at radius 2 is 2.19 bits per heavy atom. The van der Waals surface area contributed by atoms with Gasteiger partial charge in [0.25, 0.3) is 0 Å². The number of nitrogens with zero attached hydrogens (tertiary/aromatic N) is 5. The Hall–Kier alpha value is -1.93. The summed E-state index contributed by atoms with van der Waals surface area (Å²) in [5, 5.41) is 15.3. The molecule has 1 aromatic heterocycles. The average Bonchev–Trinajstić information content (AvgIpc) is 3.36. The fourth-order valence-corrected chi connectivity index (χ4v) is 4.95. The first-order valence-corrected chi connectivity index (χ1v) is 10.2. The highest BCUT2D eigenvalue weighted by Gasteiger charge is 2.46. The number of thioether (sulfide) groups is 1. The number of hydrogen-bond donors (Lipinski definition) is 1. The van der Waals surface area contributed by atoms with E-state index in [-0.39, 0.29) is 11.8 Å². The average molecular weight is 372 g/mol. The van der Waals surface area contributed by atoms with Crippen LogP contribution in [-0.4, -0.2) is 55.9 Å². The van der Waals surface area contributed by atoms with E-state index in [1.807, 2.05) is 7.05 Å². The number of fused-ring (bicyclic) bond motifs is 1. The van der Waals surface area contributed by atoms with E-state index in [1.54, 1.807) is 16.4 Å². The molecule has 0 radical (unpaired) electrons. The zero-order valence-electron chi connectivity index (χ0n) is 14.9. The van der Waals surface area contributed by atoms with Crippen molar-refractivity contribution in [2.75, 3.05) is 18.8 Å². The molecule has 8 heteroatoms. The summed E-state index contributed by atoms with van der Waals surface area (Å²) in [7, 11) is 1.82. The van der Waals surface area contributed by atoms with Crippen molar-refractivity contribution in [3.63, 3.8) is 0 Å². The minimum Gasteiger partial charge on any atom is -0.355 e. The molecule has 138 valence electrons. The Morgan fingerprint density at radius 3 is 2.96 bits per heavy atom. The van der Waals surface area contributed by atoms with Gasteiger partial charge < -0.3 is 5.32 Å². The second-order valence-corrected chi connectivity index (χ2v) is 8.00. The molecular weight excluding hydrogens is 348 g/mol. The fourth-order valence-electron chi connectivity index (χ4n) is 4.24. The number of aromatic nitrogens is 4. The lowest BCUT2D eigenvalue weighted by Gasteiger charge is -2.24. The van der Waals surface area contributed by atoms with Crippen molar-refractivity contribution < 1.29 is 4.79 Å². The van der Waals surface area contributed by atoms with E-state index in [0.29, 0.717) is 18.6 Å². The topological polar surface area (TPSA) is 75.9 Å². The molecule has 2 saturated heterocycles. The van der Waals surface area contributed by atoms with Gasteiger partial charge in [0.2, 0.25) is 11.1 Å². The van der Waals surface area contributed by atoms with Gasteiger partial charge in [0.15, 0.2) is 0 Å². The molecule has 0 unspecified atom stereocenters. The van der Waals surface area contributed by atoms with Crippen LogP contribution in [0.2, 0.25) is 0 Å². The summed E-state index contributed by atoms with van der Waals surface area (Å²) in [5.41, 5.74) is 1.33. The molecule has 2 aliphatic heterocycles. The molecule has 2 aromatic rings. The lowest BCUT2D eigenvalue weighted by molar-refractivity contribution is -0.125. The van der Waals surface area contributed by atoms with Crippen molar-refractivity contribution in [3.8, 4) is 0 Å². The summed E-state index contributed by atoms with van der Waals surface area (Å²) < 4.78 is 1.64. The van der Waals surface area contributed by atoms with E-state index < -0.39 is 0 Å². The Kier molecular flexibility index (Phi) is 5.21. The summed E-state index contributed by atoms with van der Waals surface area (Å²) in [6.45, 7) is 1.73. The number of rotatable bonds is 6. The number of tetrazole rings is 1. The summed E-state index contributed by atoms with van der Waals surface area (Å²) in [6.07, 6.45) is 3.23. The molecule has 4 rings (SSSR count). The molecule has 2 fully saturated rings. The van der Waals surface area contributed by atoms with E-state index >= 15 is 0 Å². The van der Waals surface area contributed by atoms with Crippen LogP contribution < -0.4 is 5.32 Å². The second kappa shape index (κ2) is 7.75. The second-order valence-electron chi connectivity index (χ2n) is 6.94. The van der Waals surface area contributed by atoms with Gasteiger partial charge in [0, 0.05) is 31.4 Å². The van der Waals surface area contributed by atoms with Crippen molar-refractivity contribution in [2.45, 2.75) is 36.5 Å². The molecule has 3 atom stereocenters. The van der Waals surface area contributed by atoms with Gasteiger partial charge in [-0.15, -0.1) is 5.10 Å². The van der Waals surface area contributed by atoms with Crippen LogP contribution in [0, 0.1) is 5.92 Å². The summed E-state index contributed by atoms with van der Waals surface area (Å²) >= 11 is 1.56. The first-order valence-electron chi connectivity index (χ1n) is 9.17. The molecule has 1 amide bonds. The summed E-state index contributed by atoms with van der Waals surface area (Å²) in [6, 6.07) is 11.4. The maximum absolute atomic E-state index is 12.8. The predicted octanol–water partition coefficient (Wildman–Crippen LogP) is 1.64. The zero-order valence-corrected chi connectivity index (χ0v) is 15.7. The van der Waals surface area contributed by atoms with Crippen LogP contribution in [0.15, 0.2) is 35.5 Å². The lowest BCUT2D eigenvalue weighted by Crippen LogP contribution is -2.38. The summed E-state index contributed by atoms with van der Waals surface area (Å²) in [5.74, 6) is 1.05. The van der Waals surface area contributed by atoms with Crippen molar-refractivity contribution in [1.82, 2.24) is 30.4 Å². The van der Waals surface area contributed by atoms with E-state index in [2.05, 4.69) is 56.1 Å². The van der Waals surface area contributed by atoms with Crippen molar-refractivity contribution in [3.05, 3.63) is 35.9 Å². The minimum absolute atomic E-state index is 0.0872. The smallest absolute Gasteiger partial charge is 0.224 e. The van der Waals surface area contributed by atoms with Gasteiger partial charge in [-0.3, -0.25) is 9.69 Å². The van der Waals surface area contributed by atoms with Gasteiger partial charge in [-0.25, -0.2) is 4.68 Å². The first kappa shape index (κ1) is 17.5. The van der Waals surface area contributed by atoms with Gasteiger partial charge in [-0.2, -0.15) is 0 Å². The molecule has 0 bridgehead atoms. The van der Waals surface area contributed by atoms with Gasteiger partial charge in [-0.05, 0) is 41.8 Å². The Labute approximate surface area is 157 Å². The van der Waals surface area contributed by atoms with E-state index in [9.17, 15) is 4.79 Å². The van der Waals surface area contributed by atoms with Gasteiger partial charge in [0.05, 0.1) is 5.92 Å². The Balaban J connectivity index is 1.33. The molecule has 2 aliphatic rings. The number of carbonyl (C=O) groups is 1. The van der Waals surface area contributed by atoms with Gasteiger partial charge >= 0.3 is 0 Å². The molecule has 1 aromatic carbocycles. The lowest BCUT2D eigenvalue weighted by atomic mass is 9.93. The third kappa shape index (κ3) is 3.48. The van der Waals surface area contributed by atoms with Crippen LogP contribution in [0.5, 0.6) is 0 Å². The largest absolute Gasteiger partial charge is 0.355 e. The zero-order chi connectivity index (χ0) is 17.9. The fraction of sp³-hybridized carbons (Fsp3) is 0.556. The van der Waals surface area contributed by atoms with Crippen LogP contribution in [0.25, 0.3) is 0 Å². The van der Waals surface area contributed by atoms with Crippen molar-refractivity contribution in [2.24, 2.45) is 13.0 Å². The third-order valence-electron chi connectivity index (χ3n) is 5.42. The minimum atomic E-state index is 0.0872. The van der Waals surface area contributed by atoms with E-state index in [4.69, 9.17) is 0 Å². The maximum Gasteiger partial charge on any atom is 0.224 e. The van der Waals surface area contributed by atoms with E-state index in [0.717, 1.165) is 30.3 Å². The number of benzene rings is 1. The normalized spacial score (nSPS) is 25.3. The van der Waals surface area contributed by atoms with Crippen molar-refractivity contribution in [1.29, 1.82) is 0 Å². The highest BCUT2D eigenvalue weighted by molar-refractivity contribution is 7.99. The Bertz CT molecular complexity index is 751. The van der Waals surface area contributed by atoms with Crippen LogP contribution >= 0.6 is 11.8 Å². The SMILES string of the molecule is Cn1nnnc1SCCNC(=O)[C@@H]1C[C@H](c2ccccc2)N2CCC[C@@H]12. The highest BCUT2D eigenvalue weighted by Crippen LogP contribution is 2.44. The molecule has 0 aliphatic carbocycles.